The molecule has 0 aliphatic rings. The van der Waals surface area contributed by atoms with Crippen LogP contribution in [0.4, 0.5) is 5.69 Å². The molecule has 1 aromatic carbocycles. The van der Waals surface area contributed by atoms with Gasteiger partial charge in [0.1, 0.15) is 5.56 Å². The Bertz CT molecular complexity index is 414. The van der Waals surface area contributed by atoms with E-state index < -0.39 is 27.9 Å². The Labute approximate surface area is 84.9 Å². The number of nitro benzene ring substituents is 1. The molecule has 0 fully saturated rings. The van der Waals surface area contributed by atoms with Crippen LogP contribution in [0.2, 0.25) is 0 Å². The lowest BCUT2D eigenvalue weighted by molar-refractivity contribution is -0.386. The number of rotatable bonds is 2. The molecule has 0 bridgehead atoms. The van der Waals surface area contributed by atoms with E-state index in [0.29, 0.717) is 5.56 Å². The Balaban J connectivity index is 3.64. The average Bonchev–Trinajstić information content (AvgIpc) is 1.99. The van der Waals surface area contributed by atoms with Crippen molar-refractivity contribution in [2.24, 2.45) is 0 Å². The minimum atomic E-state index is -1.38. The van der Waals surface area contributed by atoms with Gasteiger partial charge in [-0.3, -0.25) is 10.1 Å². The number of carbonyl (C=O) groups is 1. The van der Waals surface area contributed by atoms with Crippen molar-refractivity contribution in [1.29, 1.82) is 0 Å². The molecule has 2 N–H and O–H groups in total. The summed E-state index contributed by atoms with van der Waals surface area (Å²) >= 11 is 0. The van der Waals surface area contributed by atoms with Crippen LogP contribution in [-0.4, -0.2) is 21.1 Å². The summed E-state index contributed by atoms with van der Waals surface area (Å²) in [6, 6.07) is 1.36. The molecule has 0 heterocycles. The van der Waals surface area contributed by atoms with Crippen LogP contribution in [0.15, 0.2) is 6.07 Å². The molecule has 0 spiro atoms. The predicted molar refractivity (Wildman–Crippen MR) is 51.2 cm³/mol. The van der Waals surface area contributed by atoms with Gasteiger partial charge in [0.2, 0.25) is 5.75 Å². The van der Waals surface area contributed by atoms with Gasteiger partial charge in [-0.2, -0.15) is 0 Å². The van der Waals surface area contributed by atoms with Crippen molar-refractivity contribution in [2.75, 3.05) is 0 Å². The SMILES string of the molecule is Cc1cc(C)c([N+](=O)[O-])c(O)c1C(=O)O. The van der Waals surface area contributed by atoms with Gasteiger partial charge in [-0.15, -0.1) is 0 Å². The van der Waals surface area contributed by atoms with Gasteiger partial charge >= 0.3 is 11.7 Å². The lowest BCUT2D eigenvalue weighted by Gasteiger charge is -2.06. The number of phenols is 1. The van der Waals surface area contributed by atoms with Crippen molar-refractivity contribution in [3.63, 3.8) is 0 Å². The van der Waals surface area contributed by atoms with E-state index in [0.717, 1.165) is 0 Å². The Morgan fingerprint density at radius 2 is 1.93 bits per heavy atom. The van der Waals surface area contributed by atoms with Gasteiger partial charge in [-0.1, -0.05) is 0 Å². The lowest BCUT2D eigenvalue weighted by Crippen LogP contribution is -2.04. The molecule has 15 heavy (non-hydrogen) atoms. The highest BCUT2D eigenvalue weighted by molar-refractivity contribution is 5.94. The molecule has 0 aliphatic heterocycles. The second-order valence-corrected chi connectivity index (χ2v) is 3.14. The maximum Gasteiger partial charge on any atom is 0.340 e. The molecule has 0 radical (unpaired) electrons. The second kappa shape index (κ2) is 3.56. The molecular weight excluding hydrogens is 202 g/mol. The molecule has 0 saturated carbocycles. The normalized spacial score (nSPS) is 10.0. The fourth-order valence-corrected chi connectivity index (χ4v) is 1.46. The number of hydrogen-bond acceptors (Lipinski definition) is 4. The highest BCUT2D eigenvalue weighted by Crippen LogP contribution is 2.35. The molecular formula is C9H9NO5. The molecule has 6 heteroatoms. The Kier molecular flexibility index (Phi) is 2.61. The highest BCUT2D eigenvalue weighted by Gasteiger charge is 2.25. The molecule has 1 rings (SSSR count). The van der Waals surface area contributed by atoms with E-state index in [4.69, 9.17) is 5.11 Å². The fourth-order valence-electron chi connectivity index (χ4n) is 1.46. The van der Waals surface area contributed by atoms with Crippen LogP contribution >= 0.6 is 0 Å². The number of aromatic carboxylic acids is 1. The zero-order valence-corrected chi connectivity index (χ0v) is 8.14. The first-order valence-electron chi connectivity index (χ1n) is 4.07. The summed E-state index contributed by atoms with van der Waals surface area (Å²) in [4.78, 5) is 20.5. The number of benzene rings is 1. The van der Waals surface area contributed by atoms with Crippen LogP contribution in [-0.2, 0) is 0 Å². The van der Waals surface area contributed by atoms with Crippen LogP contribution in [0, 0.1) is 24.0 Å². The molecule has 0 atom stereocenters. The van der Waals surface area contributed by atoms with Gasteiger partial charge < -0.3 is 10.2 Å². The highest BCUT2D eigenvalue weighted by atomic mass is 16.6. The minimum Gasteiger partial charge on any atom is -0.501 e. The third kappa shape index (κ3) is 1.74. The molecule has 6 nitrogen and oxygen atoms in total. The Morgan fingerprint density at radius 1 is 1.40 bits per heavy atom. The number of carboxylic acids is 1. The molecule has 80 valence electrons. The first kappa shape index (κ1) is 11.0. The van der Waals surface area contributed by atoms with E-state index in [1.165, 1.54) is 19.9 Å². The molecule has 0 aliphatic carbocycles. The van der Waals surface area contributed by atoms with Crippen LogP contribution in [0.5, 0.6) is 5.75 Å². The molecule has 0 saturated heterocycles. The quantitative estimate of drug-likeness (QED) is 0.571. The predicted octanol–water partition coefficient (Wildman–Crippen LogP) is 1.62. The summed E-state index contributed by atoms with van der Waals surface area (Å²) in [7, 11) is 0. The summed E-state index contributed by atoms with van der Waals surface area (Å²) < 4.78 is 0. The first-order valence-corrected chi connectivity index (χ1v) is 4.07. The van der Waals surface area contributed by atoms with Crippen LogP contribution in [0.25, 0.3) is 0 Å². The van der Waals surface area contributed by atoms with Gasteiger partial charge in [-0.05, 0) is 25.5 Å². The van der Waals surface area contributed by atoms with Crippen LogP contribution < -0.4 is 0 Å². The summed E-state index contributed by atoms with van der Waals surface area (Å²) in [5.74, 6) is -2.17. The monoisotopic (exact) mass is 211 g/mol. The largest absolute Gasteiger partial charge is 0.501 e. The van der Waals surface area contributed by atoms with Crippen LogP contribution in [0.1, 0.15) is 21.5 Å². The van der Waals surface area contributed by atoms with Gasteiger partial charge in [0.25, 0.3) is 0 Å². The first-order chi connectivity index (χ1) is 6.86. The Morgan fingerprint density at radius 3 is 2.33 bits per heavy atom. The van der Waals surface area contributed by atoms with Crippen molar-refractivity contribution in [3.8, 4) is 5.75 Å². The van der Waals surface area contributed by atoms with Crippen molar-refractivity contribution < 1.29 is 19.9 Å². The number of nitro groups is 1. The number of aryl methyl sites for hydroxylation is 2. The van der Waals surface area contributed by atoms with E-state index in [1.807, 2.05) is 0 Å². The molecule has 1 aromatic rings. The third-order valence-corrected chi connectivity index (χ3v) is 2.06. The van der Waals surface area contributed by atoms with Gasteiger partial charge in [0.15, 0.2) is 0 Å². The second-order valence-electron chi connectivity index (χ2n) is 3.14. The number of aromatic hydroxyl groups is 1. The number of carboxylic acid groups (broad SMARTS) is 1. The van der Waals surface area contributed by atoms with Gasteiger partial charge in [0, 0.05) is 5.56 Å². The summed E-state index contributed by atoms with van der Waals surface area (Å²) in [5, 5.41) is 28.8. The van der Waals surface area contributed by atoms with Crippen LogP contribution in [0.3, 0.4) is 0 Å². The summed E-state index contributed by atoms with van der Waals surface area (Å²) in [5.41, 5.74) is -0.451. The maximum atomic E-state index is 10.7. The fraction of sp³-hybridized carbons (Fsp3) is 0.222. The van der Waals surface area contributed by atoms with Crippen molar-refractivity contribution in [2.45, 2.75) is 13.8 Å². The van der Waals surface area contributed by atoms with E-state index in [9.17, 15) is 20.0 Å². The Hall–Kier alpha value is -2.11. The van der Waals surface area contributed by atoms with Crippen molar-refractivity contribution >= 4 is 11.7 Å². The van der Waals surface area contributed by atoms with E-state index in [-0.39, 0.29) is 5.56 Å². The minimum absolute atomic E-state index is 0.236. The van der Waals surface area contributed by atoms with E-state index in [2.05, 4.69) is 0 Å². The zero-order chi connectivity index (χ0) is 11.7. The summed E-state index contributed by atoms with van der Waals surface area (Å²) in [6.07, 6.45) is 0. The maximum absolute atomic E-state index is 10.7. The van der Waals surface area contributed by atoms with Crippen molar-refractivity contribution in [3.05, 3.63) is 32.9 Å². The van der Waals surface area contributed by atoms with Crippen molar-refractivity contribution in [1.82, 2.24) is 0 Å². The number of hydrogen-bond donors (Lipinski definition) is 2. The molecule has 0 aromatic heterocycles. The van der Waals surface area contributed by atoms with E-state index >= 15 is 0 Å². The lowest BCUT2D eigenvalue weighted by atomic mass is 10.0. The molecule has 0 unspecified atom stereocenters. The smallest absolute Gasteiger partial charge is 0.340 e. The topological polar surface area (TPSA) is 101 Å². The third-order valence-electron chi connectivity index (χ3n) is 2.06. The number of nitrogens with zero attached hydrogens (tertiary/aromatic N) is 1. The average molecular weight is 211 g/mol. The standard InChI is InChI=1S/C9H9NO5/c1-4-3-5(2)7(10(14)15)8(11)6(4)9(12)13/h3,11H,1-2H3,(H,12,13). The summed E-state index contributed by atoms with van der Waals surface area (Å²) in [6.45, 7) is 2.91. The van der Waals surface area contributed by atoms with Gasteiger partial charge in [0.05, 0.1) is 4.92 Å². The zero-order valence-electron chi connectivity index (χ0n) is 8.14. The van der Waals surface area contributed by atoms with Gasteiger partial charge in [-0.25, -0.2) is 4.79 Å². The molecule has 0 amide bonds. The van der Waals surface area contributed by atoms with E-state index in [1.54, 1.807) is 0 Å².